The first-order valence-electron chi connectivity index (χ1n) is 5.24. The third kappa shape index (κ3) is 3.63. The average molecular weight is 266 g/mol. The summed E-state index contributed by atoms with van der Waals surface area (Å²) in [5.41, 5.74) is -0.699. The van der Waals surface area contributed by atoms with E-state index in [4.69, 9.17) is 5.11 Å². The molecule has 0 aromatic rings. The van der Waals surface area contributed by atoms with Gasteiger partial charge in [0.15, 0.2) is 0 Å². The van der Waals surface area contributed by atoms with Crippen molar-refractivity contribution >= 4 is 16.2 Å². The third-order valence-electron chi connectivity index (χ3n) is 2.26. The fourth-order valence-electron chi connectivity index (χ4n) is 1.72. The van der Waals surface area contributed by atoms with Crippen LogP contribution in [0.3, 0.4) is 0 Å². The Kier molecular flexibility index (Phi) is 3.82. The maximum atomic E-state index is 11.9. The molecule has 8 heteroatoms. The molecule has 0 saturated carbocycles. The zero-order chi connectivity index (χ0) is 13.4. The van der Waals surface area contributed by atoms with Crippen LogP contribution < -0.4 is 4.72 Å². The monoisotopic (exact) mass is 266 g/mol. The molecule has 0 bridgehead atoms. The fraction of sp³-hybridized carbons (Fsp3) is 0.889. The highest BCUT2D eigenvalue weighted by Crippen LogP contribution is 2.22. The Bertz CT molecular complexity index is 400. The molecule has 0 radical (unpaired) electrons. The van der Waals surface area contributed by atoms with E-state index in [0.717, 1.165) is 4.31 Å². The second kappa shape index (κ2) is 4.52. The predicted molar refractivity (Wildman–Crippen MR) is 60.6 cm³/mol. The van der Waals surface area contributed by atoms with E-state index in [0.29, 0.717) is 0 Å². The summed E-state index contributed by atoms with van der Waals surface area (Å²) in [5, 5.41) is 18.3. The predicted octanol–water partition coefficient (Wildman–Crippen LogP) is -0.861. The Morgan fingerprint density at radius 3 is 2.35 bits per heavy atom. The van der Waals surface area contributed by atoms with Crippen molar-refractivity contribution < 1.29 is 23.4 Å². The van der Waals surface area contributed by atoms with Gasteiger partial charge in [0.05, 0.1) is 6.10 Å². The van der Waals surface area contributed by atoms with Crippen molar-refractivity contribution in [3.63, 3.8) is 0 Å². The molecule has 1 aliphatic rings. The minimum Gasteiger partial charge on any atom is -0.480 e. The van der Waals surface area contributed by atoms with Gasteiger partial charge >= 0.3 is 5.97 Å². The molecule has 0 spiro atoms. The maximum Gasteiger partial charge on any atom is 0.322 e. The van der Waals surface area contributed by atoms with Crippen LogP contribution in [-0.2, 0) is 15.0 Å². The van der Waals surface area contributed by atoms with Gasteiger partial charge in [0.2, 0.25) is 0 Å². The summed E-state index contributed by atoms with van der Waals surface area (Å²) >= 11 is 0. The topological polar surface area (TPSA) is 107 Å². The first kappa shape index (κ1) is 14.4. The Morgan fingerprint density at radius 1 is 1.41 bits per heavy atom. The first-order chi connectivity index (χ1) is 7.53. The average Bonchev–Trinajstić information content (AvgIpc) is 2.43. The van der Waals surface area contributed by atoms with Gasteiger partial charge in [0.1, 0.15) is 6.04 Å². The minimum absolute atomic E-state index is 0.0830. The van der Waals surface area contributed by atoms with Crippen molar-refractivity contribution in [1.29, 1.82) is 0 Å². The van der Waals surface area contributed by atoms with Gasteiger partial charge in [-0.15, -0.1) is 0 Å². The molecule has 2 atom stereocenters. The van der Waals surface area contributed by atoms with Crippen molar-refractivity contribution in [2.24, 2.45) is 0 Å². The van der Waals surface area contributed by atoms with Gasteiger partial charge in [0.25, 0.3) is 10.2 Å². The molecular formula is C9H18N2O5S. The molecule has 100 valence electrons. The molecule has 0 aromatic carbocycles. The highest BCUT2D eigenvalue weighted by atomic mass is 32.2. The fourth-order valence-corrected chi connectivity index (χ4v) is 3.49. The lowest BCUT2D eigenvalue weighted by atomic mass is 10.1. The molecule has 0 amide bonds. The number of aliphatic hydroxyl groups is 1. The molecule has 1 heterocycles. The van der Waals surface area contributed by atoms with E-state index in [1.54, 1.807) is 20.8 Å². The molecule has 1 saturated heterocycles. The van der Waals surface area contributed by atoms with Crippen LogP contribution in [0.1, 0.15) is 27.2 Å². The summed E-state index contributed by atoms with van der Waals surface area (Å²) in [6.07, 6.45) is -1.02. The number of rotatable bonds is 3. The summed E-state index contributed by atoms with van der Waals surface area (Å²) in [4.78, 5) is 10.9. The first-order valence-corrected chi connectivity index (χ1v) is 6.68. The van der Waals surface area contributed by atoms with Crippen LogP contribution in [0, 0.1) is 0 Å². The number of nitrogens with one attached hydrogen (secondary N) is 1. The van der Waals surface area contributed by atoms with Crippen molar-refractivity contribution in [1.82, 2.24) is 9.03 Å². The number of aliphatic carboxylic acids is 1. The van der Waals surface area contributed by atoms with Gasteiger partial charge < -0.3 is 10.2 Å². The van der Waals surface area contributed by atoms with E-state index in [-0.39, 0.29) is 13.0 Å². The van der Waals surface area contributed by atoms with Crippen LogP contribution in [0.4, 0.5) is 0 Å². The lowest BCUT2D eigenvalue weighted by molar-refractivity contribution is -0.140. The normalized spacial score (nSPS) is 27.3. The number of hydrogen-bond donors (Lipinski definition) is 3. The van der Waals surface area contributed by atoms with Crippen LogP contribution in [-0.4, -0.2) is 53.1 Å². The van der Waals surface area contributed by atoms with Gasteiger partial charge in [-0.1, -0.05) is 0 Å². The van der Waals surface area contributed by atoms with Crippen LogP contribution in [0.25, 0.3) is 0 Å². The number of β-amino-alcohol motifs (C(OH)–C–C–N with tert-alkyl or cyclic N) is 1. The summed E-state index contributed by atoms with van der Waals surface area (Å²) in [6, 6.07) is -1.20. The lowest BCUT2D eigenvalue weighted by Gasteiger charge is -2.27. The van der Waals surface area contributed by atoms with E-state index in [2.05, 4.69) is 4.72 Å². The summed E-state index contributed by atoms with van der Waals surface area (Å²) < 4.78 is 27.1. The number of nitrogens with zero attached hydrogens (tertiary/aromatic N) is 1. The number of hydrogen-bond acceptors (Lipinski definition) is 4. The molecule has 1 fully saturated rings. The summed E-state index contributed by atoms with van der Waals surface area (Å²) in [6.45, 7) is 4.79. The smallest absolute Gasteiger partial charge is 0.322 e. The zero-order valence-electron chi connectivity index (χ0n) is 10.0. The minimum atomic E-state index is -3.90. The van der Waals surface area contributed by atoms with Crippen molar-refractivity contribution in [3.05, 3.63) is 0 Å². The number of carboxylic acid groups (broad SMARTS) is 1. The standard InChI is InChI=1S/C9H18N2O5S/c1-9(2,3)10-17(15,16)11-5-6(12)4-7(11)8(13)14/h6-7,10,12H,4-5H2,1-3H3,(H,13,14)/t6-,7-/m0/s1. The molecule has 17 heavy (non-hydrogen) atoms. The highest BCUT2D eigenvalue weighted by Gasteiger charge is 2.43. The zero-order valence-corrected chi connectivity index (χ0v) is 10.9. The van der Waals surface area contributed by atoms with Crippen LogP contribution in [0.15, 0.2) is 0 Å². The van der Waals surface area contributed by atoms with Crippen LogP contribution in [0.2, 0.25) is 0 Å². The van der Waals surface area contributed by atoms with Gasteiger partial charge in [0, 0.05) is 18.5 Å². The quantitative estimate of drug-likeness (QED) is 0.616. The molecule has 1 aliphatic heterocycles. The molecule has 0 aliphatic carbocycles. The Labute approximate surface area is 101 Å². The van der Waals surface area contributed by atoms with Gasteiger partial charge in [-0.25, -0.2) is 0 Å². The molecule has 3 N–H and O–H groups in total. The molecule has 0 aromatic heterocycles. The Morgan fingerprint density at radius 2 is 1.94 bits per heavy atom. The van der Waals surface area contributed by atoms with Gasteiger partial charge in [-0.3, -0.25) is 4.79 Å². The Balaban J connectivity index is 2.94. The van der Waals surface area contributed by atoms with E-state index in [1.165, 1.54) is 0 Å². The molecule has 0 unspecified atom stereocenters. The summed E-state index contributed by atoms with van der Waals surface area (Å²) in [5.74, 6) is -1.25. The van der Waals surface area contributed by atoms with Crippen LogP contribution >= 0.6 is 0 Å². The second-order valence-corrected chi connectivity index (χ2v) is 6.79. The molecule has 1 rings (SSSR count). The SMILES string of the molecule is CC(C)(C)NS(=O)(=O)N1C[C@@H](O)C[C@H]1C(=O)O. The van der Waals surface area contributed by atoms with E-state index in [1.807, 2.05) is 0 Å². The number of carbonyl (C=O) groups is 1. The van der Waals surface area contributed by atoms with Crippen molar-refractivity contribution in [3.8, 4) is 0 Å². The maximum absolute atomic E-state index is 11.9. The number of aliphatic hydroxyl groups excluding tert-OH is 1. The van der Waals surface area contributed by atoms with E-state index < -0.39 is 33.9 Å². The second-order valence-electron chi connectivity index (χ2n) is 5.17. The number of carboxylic acids is 1. The Hall–Kier alpha value is -0.700. The lowest BCUT2D eigenvalue weighted by Crippen LogP contribution is -2.52. The summed E-state index contributed by atoms with van der Waals surface area (Å²) in [7, 11) is -3.90. The van der Waals surface area contributed by atoms with Crippen LogP contribution in [0.5, 0.6) is 0 Å². The van der Waals surface area contributed by atoms with Gasteiger partial charge in [-0.2, -0.15) is 17.4 Å². The molecular weight excluding hydrogens is 248 g/mol. The third-order valence-corrected chi connectivity index (χ3v) is 4.15. The van der Waals surface area contributed by atoms with Crippen molar-refractivity contribution in [2.75, 3.05) is 6.54 Å². The van der Waals surface area contributed by atoms with E-state index >= 15 is 0 Å². The van der Waals surface area contributed by atoms with Gasteiger partial charge in [-0.05, 0) is 20.8 Å². The van der Waals surface area contributed by atoms with Crippen molar-refractivity contribution in [2.45, 2.75) is 44.9 Å². The largest absolute Gasteiger partial charge is 0.480 e. The highest BCUT2D eigenvalue weighted by molar-refractivity contribution is 7.87. The van der Waals surface area contributed by atoms with E-state index in [9.17, 15) is 18.3 Å². The molecule has 7 nitrogen and oxygen atoms in total.